The summed E-state index contributed by atoms with van der Waals surface area (Å²) in [6, 6.07) is 13.5. The number of carbonyl (C=O) groups excluding carboxylic acids is 1. The van der Waals surface area contributed by atoms with Crippen LogP contribution in [0.5, 0.6) is 11.5 Å². The van der Waals surface area contributed by atoms with Crippen molar-refractivity contribution in [1.29, 1.82) is 0 Å². The molecule has 2 heterocycles. The van der Waals surface area contributed by atoms with E-state index in [2.05, 4.69) is 19.8 Å². The number of nitrogens with one attached hydrogen (secondary N) is 1. The lowest BCUT2D eigenvalue weighted by molar-refractivity contribution is -0.286. The Morgan fingerprint density at radius 2 is 1.93 bits per heavy atom. The SMILES string of the molecule is Nn1cc(-c2ccccc2)nc1SCC(=O)Nc1ccc2c(c1)OC(F)(F)O2. The first-order chi connectivity index (χ1) is 13.4. The third-order valence-electron chi connectivity index (χ3n) is 3.79. The van der Waals surface area contributed by atoms with Crippen LogP contribution in [0.4, 0.5) is 14.5 Å². The third kappa shape index (κ3) is 3.86. The van der Waals surface area contributed by atoms with Crippen LogP contribution in [0.25, 0.3) is 11.3 Å². The lowest BCUT2D eigenvalue weighted by Gasteiger charge is -2.06. The second-order valence-corrected chi connectivity index (χ2v) is 6.79. The topological polar surface area (TPSA) is 91.4 Å². The quantitative estimate of drug-likeness (QED) is 0.501. The van der Waals surface area contributed by atoms with E-state index < -0.39 is 6.29 Å². The van der Waals surface area contributed by atoms with E-state index >= 15 is 0 Å². The molecule has 0 fully saturated rings. The number of carbonyl (C=O) groups is 1. The van der Waals surface area contributed by atoms with Crippen molar-refractivity contribution in [2.24, 2.45) is 0 Å². The van der Waals surface area contributed by atoms with Gasteiger partial charge in [-0.1, -0.05) is 42.1 Å². The number of anilines is 1. The highest BCUT2D eigenvalue weighted by atomic mass is 32.2. The number of aromatic nitrogens is 2. The molecule has 1 aliphatic heterocycles. The summed E-state index contributed by atoms with van der Waals surface area (Å²) in [6.45, 7) is 0. The first kappa shape index (κ1) is 18.1. The highest BCUT2D eigenvalue weighted by Crippen LogP contribution is 2.42. The molecule has 4 rings (SSSR count). The molecular weight excluding hydrogens is 390 g/mol. The number of hydrogen-bond donors (Lipinski definition) is 2. The fourth-order valence-corrected chi connectivity index (χ4v) is 3.28. The molecule has 0 saturated carbocycles. The number of nitrogens with two attached hydrogens (primary N) is 1. The van der Waals surface area contributed by atoms with Crippen molar-refractivity contribution < 1.29 is 23.0 Å². The van der Waals surface area contributed by atoms with E-state index in [1.54, 1.807) is 6.20 Å². The van der Waals surface area contributed by atoms with Crippen LogP contribution >= 0.6 is 11.8 Å². The Labute approximate surface area is 162 Å². The molecule has 10 heteroatoms. The minimum atomic E-state index is -3.70. The number of benzene rings is 2. The number of ether oxygens (including phenoxy) is 2. The highest BCUT2D eigenvalue weighted by molar-refractivity contribution is 7.99. The minimum Gasteiger partial charge on any atom is -0.395 e. The number of nitrogens with zero attached hydrogens (tertiary/aromatic N) is 2. The zero-order chi connectivity index (χ0) is 19.7. The first-order valence-electron chi connectivity index (χ1n) is 8.12. The van der Waals surface area contributed by atoms with Crippen LogP contribution in [0.2, 0.25) is 0 Å². The largest absolute Gasteiger partial charge is 0.586 e. The maximum atomic E-state index is 13.0. The van der Waals surface area contributed by atoms with E-state index in [0.717, 1.165) is 17.3 Å². The van der Waals surface area contributed by atoms with Gasteiger partial charge in [-0.3, -0.25) is 4.79 Å². The van der Waals surface area contributed by atoms with Gasteiger partial charge in [0.15, 0.2) is 16.7 Å². The fourth-order valence-electron chi connectivity index (χ4n) is 2.59. The molecule has 2 aromatic carbocycles. The van der Waals surface area contributed by atoms with E-state index in [4.69, 9.17) is 5.84 Å². The summed E-state index contributed by atoms with van der Waals surface area (Å²) in [5.74, 6) is 5.37. The molecule has 28 heavy (non-hydrogen) atoms. The van der Waals surface area contributed by atoms with Gasteiger partial charge in [0.1, 0.15) is 0 Å². The summed E-state index contributed by atoms with van der Waals surface area (Å²) in [5, 5.41) is 3.08. The number of amides is 1. The Kier molecular flexibility index (Phi) is 4.55. The van der Waals surface area contributed by atoms with Crippen molar-refractivity contribution >= 4 is 23.4 Å². The van der Waals surface area contributed by atoms with Gasteiger partial charge in [0.05, 0.1) is 17.6 Å². The number of nitrogen functional groups attached to an aromatic ring is 1. The van der Waals surface area contributed by atoms with Crippen LogP contribution in [-0.2, 0) is 4.79 Å². The van der Waals surface area contributed by atoms with Crippen molar-refractivity contribution in [1.82, 2.24) is 9.66 Å². The molecule has 1 amide bonds. The van der Waals surface area contributed by atoms with Gasteiger partial charge in [0.25, 0.3) is 0 Å². The van der Waals surface area contributed by atoms with Gasteiger partial charge in [0, 0.05) is 17.3 Å². The monoisotopic (exact) mass is 404 g/mol. The number of alkyl halides is 2. The maximum Gasteiger partial charge on any atom is 0.586 e. The van der Waals surface area contributed by atoms with E-state index in [1.807, 2.05) is 30.3 Å². The molecule has 0 unspecified atom stereocenters. The van der Waals surface area contributed by atoms with Crippen molar-refractivity contribution in [2.45, 2.75) is 11.5 Å². The van der Waals surface area contributed by atoms with Gasteiger partial charge < -0.3 is 20.6 Å². The van der Waals surface area contributed by atoms with Crippen LogP contribution in [0.1, 0.15) is 0 Å². The second kappa shape index (κ2) is 7.04. The second-order valence-electron chi connectivity index (χ2n) is 5.85. The molecule has 1 aromatic heterocycles. The lowest BCUT2D eigenvalue weighted by Crippen LogP contribution is -2.25. The predicted molar refractivity (Wildman–Crippen MR) is 99.8 cm³/mol. The molecule has 0 saturated heterocycles. The van der Waals surface area contributed by atoms with Gasteiger partial charge >= 0.3 is 6.29 Å². The summed E-state index contributed by atoms with van der Waals surface area (Å²) in [7, 11) is 0. The number of thioether (sulfide) groups is 1. The molecule has 3 aromatic rings. The molecule has 7 nitrogen and oxygen atoms in total. The van der Waals surface area contributed by atoms with Crippen molar-refractivity contribution in [3.63, 3.8) is 0 Å². The Morgan fingerprint density at radius 3 is 2.71 bits per heavy atom. The number of rotatable bonds is 5. The summed E-state index contributed by atoms with van der Waals surface area (Å²) < 4.78 is 36.1. The Morgan fingerprint density at radius 1 is 1.18 bits per heavy atom. The summed E-state index contributed by atoms with van der Waals surface area (Å²) in [5.41, 5.74) is 1.92. The maximum absolute atomic E-state index is 13.0. The summed E-state index contributed by atoms with van der Waals surface area (Å²) >= 11 is 1.15. The zero-order valence-corrected chi connectivity index (χ0v) is 15.1. The van der Waals surface area contributed by atoms with Crippen molar-refractivity contribution in [2.75, 3.05) is 16.9 Å². The molecule has 0 atom stereocenters. The molecule has 0 bridgehead atoms. The molecule has 0 spiro atoms. The van der Waals surface area contributed by atoms with Crippen molar-refractivity contribution in [3.05, 3.63) is 54.7 Å². The van der Waals surface area contributed by atoms with Crippen LogP contribution in [0, 0.1) is 0 Å². The average Bonchev–Trinajstić information content (AvgIpc) is 3.18. The van der Waals surface area contributed by atoms with Gasteiger partial charge in [-0.25, -0.2) is 9.66 Å². The first-order valence-corrected chi connectivity index (χ1v) is 9.11. The van der Waals surface area contributed by atoms with E-state index in [1.165, 1.54) is 22.9 Å². The molecule has 0 aliphatic carbocycles. The molecular formula is C18H14F2N4O3S. The third-order valence-corrected chi connectivity index (χ3v) is 4.75. The number of fused-ring (bicyclic) bond motifs is 1. The van der Waals surface area contributed by atoms with Gasteiger partial charge in [-0.15, -0.1) is 8.78 Å². The Balaban J connectivity index is 1.38. The zero-order valence-electron chi connectivity index (χ0n) is 14.3. The fraction of sp³-hybridized carbons (Fsp3) is 0.111. The average molecular weight is 404 g/mol. The van der Waals surface area contributed by atoms with Crippen LogP contribution < -0.4 is 20.6 Å². The summed E-state index contributed by atoms with van der Waals surface area (Å²) in [6.07, 6.45) is -2.02. The van der Waals surface area contributed by atoms with E-state index in [0.29, 0.717) is 16.5 Å². The molecule has 1 aliphatic rings. The molecule has 3 N–H and O–H groups in total. The number of imidazole rings is 1. The van der Waals surface area contributed by atoms with Crippen LogP contribution in [-0.4, -0.2) is 27.6 Å². The normalized spacial score (nSPS) is 14.1. The van der Waals surface area contributed by atoms with Crippen LogP contribution in [0.15, 0.2) is 59.9 Å². The van der Waals surface area contributed by atoms with E-state index in [9.17, 15) is 13.6 Å². The van der Waals surface area contributed by atoms with E-state index in [-0.39, 0.29) is 23.2 Å². The standard InChI is InChI=1S/C18H14F2N4O3S/c19-18(20)26-14-7-6-12(8-15(14)27-18)22-16(25)10-28-17-23-13(9-24(17)21)11-4-2-1-3-5-11/h1-9H,10,21H2,(H,22,25). The number of hydrogen-bond acceptors (Lipinski definition) is 6. The van der Waals surface area contributed by atoms with Crippen molar-refractivity contribution in [3.8, 4) is 22.8 Å². The van der Waals surface area contributed by atoms with Crippen LogP contribution in [0.3, 0.4) is 0 Å². The van der Waals surface area contributed by atoms with Gasteiger partial charge in [-0.05, 0) is 12.1 Å². The van der Waals surface area contributed by atoms with Gasteiger partial charge in [0.2, 0.25) is 5.91 Å². The highest BCUT2D eigenvalue weighted by Gasteiger charge is 2.43. The number of halogens is 2. The smallest absolute Gasteiger partial charge is 0.395 e. The Bertz CT molecular complexity index is 1030. The molecule has 0 radical (unpaired) electrons. The van der Waals surface area contributed by atoms with Gasteiger partial charge in [-0.2, -0.15) is 0 Å². The predicted octanol–water partition coefficient (Wildman–Crippen LogP) is 3.32. The lowest BCUT2D eigenvalue weighted by atomic mass is 10.2. The summed E-state index contributed by atoms with van der Waals surface area (Å²) in [4.78, 5) is 16.6. The Hall–Kier alpha value is -3.27. The molecule has 144 valence electrons. The minimum absolute atomic E-state index is 0.0348.